The molecule has 0 N–H and O–H groups in total. The molecule has 4 aromatic rings. The molecule has 1 heterocycles. The molecule has 0 fully saturated rings. The zero-order valence-corrected chi connectivity index (χ0v) is 13.8. The van der Waals surface area contributed by atoms with E-state index in [9.17, 15) is 0 Å². The second-order valence-corrected chi connectivity index (χ2v) is 6.10. The Kier molecular flexibility index (Phi) is 3.58. The molecule has 0 spiro atoms. The summed E-state index contributed by atoms with van der Waals surface area (Å²) in [6, 6.07) is 25.1. The summed E-state index contributed by atoms with van der Waals surface area (Å²) in [7, 11) is 0. The first-order valence-corrected chi connectivity index (χ1v) is 8.11. The first kappa shape index (κ1) is 14.6. The van der Waals surface area contributed by atoms with E-state index in [1.54, 1.807) is 0 Å². The number of benzene rings is 3. The van der Waals surface area contributed by atoms with Gasteiger partial charge in [-0.05, 0) is 43.2 Å². The summed E-state index contributed by atoms with van der Waals surface area (Å²) < 4.78 is 0. The van der Waals surface area contributed by atoms with E-state index >= 15 is 0 Å². The van der Waals surface area contributed by atoms with Gasteiger partial charge in [0.2, 0.25) is 0 Å². The largest absolute Gasteiger partial charge is 0.249 e. The first-order chi connectivity index (χ1) is 11.7. The average molecular weight is 310 g/mol. The van der Waals surface area contributed by atoms with Gasteiger partial charge in [0.1, 0.15) is 0 Å². The molecule has 24 heavy (non-hydrogen) atoms. The quantitative estimate of drug-likeness (QED) is 0.483. The Morgan fingerprint density at radius 1 is 0.583 bits per heavy atom. The lowest BCUT2D eigenvalue weighted by molar-refractivity contribution is 1.19. The maximum atomic E-state index is 4.83. The van der Waals surface area contributed by atoms with Gasteiger partial charge in [-0.2, -0.15) is 0 Å². The molecule has 116 valence electrons. The van der Waals surface area contributed by atoms with Crippen molar-refractivity contribution >= 4 is 11.0 Å². The molecule has 0 saturated carbocycles. The highest BCUT2D eigenvalue weighted by molar-refractivity contribution is 5.79. The number of aromatic nitrogens is 2. The van der Waals surface area contributed by atoms with Crippen molar-refractivity contribution in [2.24, 2.45) is 0 Å². The number of nitrogens with zero attached hydrogens (tertiary/aromatic N) is 2. The Balaban J connectivity index is 1.85. The van der Waals surface area contributed by atoms with Gasteiger partial charge in [0.15, 0.2) is 0 Å². The smallest absolute Gasteiger partial charge is 0.0922 e. The third-order valence-electron chi connectivity index (χ3n) is 4.23. The van der Waals surface area contributed by atoms with E-state index in [2.05, 4.69) is 55.5 Å². The molecule has 0 saturated heterocycles. The van der Waals surface area contributed by atoms with Crippen LogP contribution in [0.3, 0.4) is 0 Å². The second-order valence-electron chi connectivity index (χ2n) is 6.10. The van der Waals surface area contributed by atoms with Crippen LogP contribution in [0.15, 0.2) is 72.8 Å². The van der Waals surface area contributed by atoms with E-state index in [0.29, 0.717) is 0 Å². The van der Waals surface area contributed by atoms with Crippen LogP contribution in [0, 0.1) is 13.8 Å². The van der Waals surface area contributed by atoms with E-state index in [1.807, 2.05) is 31.2 Å². The molecule has 3 aromatic carbocycles. The minimum absolute atomic E-state index is 0.930. The monoisotopic (exact) mass is 310 g/mol. The van der Waals surface area contributed by atoms with Crippen molar-refractivity contribution < 1.29 is 0 Å². The van der Waals surface area contributed by atoms with Crippen LogP contribution in [-0.2, 0) is 0 Å². The molecule has 0 aliphatic rings. The van der Waals surface area contributed by atoms with E-state index in [-0.39, 0.29) is 0 Å². The maximum absolute atomic E-state index is 4.83. The predicted molar refractivity (Wildman–Crippen MR) is 99.9 cm³/mol. The predicted octanol–water partition coefficient (Wildman–Crippen LogP) is 5.58. The Bertz CT molecular complexity index is 1030. The van der Waals surface area contributed by atoms with Crippen LogP contribution in [0.1, 0.15) is 11.3 Å². The van der Waals surface area contributed by atoms with E-state index in [0.717, 1.165) is 28.0 Å². The van der Waals surface area contributed by atoms with E-state index < -0.39 is 0 Å². The van der Waals surface area contributed by atoms with Gasteiger partial charge in [0, 0.05) is 5.56 Å². The van der Waals surface area contributed by atoms with E-state index in [4.69, 9.17) is 9.97 Å². The molecule has 2 nitrogen and oxygen atoms in total. The summed E-state index contributed by atoms with van der Waals surface area (Å²) in [5, 5.41) is 0. The van der Waals surface area contributed by atoms with Gasteiger partial charge in [-0.3, -0.25) is 0 Å². The highest BCUT2D eigenvalue weighted by Crippen LogP contribution is 2.28. The lowest BCUT2D eigenvalue weighted by Crippen LogP contribution is -1.94. The molecule has 0 atom stereocenters. The normalized spacial score (nSPS) is 10.9. The van der Waals surface area contributed by atoms with Crippen molar-refractivity contribution in [1.82, 2.24) is 9.97 Å². The highest BCUT2D eigenvalue weighted by Gasteiger charge is 2.09. The molecule has 0 radical (unpaired) electrons. The first-order valence-electron chi connectivity index (χ1n) is 8.11. The summed E-state index contributed by atoms with van der Waals surface area (Å²) in [6.07, 6.45) is 0. The number of aryl methyl sites for hydroxylation is 2. The number of fused-ring (bicyclic) bond motifs is 1. The maximum Gasteiger partial charge on any atom is 0.0922 e. The lowest BCUT2D eigenvalue weighted by Gasteiger charge is -2.09. The van der Waals surface area contributed by atoms with Crippen LogP contribution in [0.2, 0.25) is 0 Å². The Hall–Kier alpha value is -3.00. The Labute approximate surface area is 141 Å². The van der Waals surface area contributed by atoms with Crippen molar-refractivity contribution in [2.75, 3.05) is 0 Å². The molecule has 0 aliphatic carbocycles. The van der Waals surface area contributed by atoms with Crippen molar-refractivity contribution in [1.29, 1.82) is 0 Å². The molecule has 0 amide bonds. The fraction of sp³-hybridized carbons (Fsp3) is 0.0909. The number of para-hydroxylation sites is 2. The summed E-state index contributed by atoms with van der Waals surface area (Å²) in [5.74, 6) is 0. The van der Waals surface area contributed by atoms with Crippen LogP contribution >= 0.6 is 0 Å². The highest BCUT2D eigenvalue weighted by atomic mass is 14.8. The molecular formula is C22H18N2. The molecule has 0 bridgehead atoms. The number of rotatable bonds is 2. The zero-order chi connectivity index (χ0) is 16.5. The topological polar surface area (TPSA) is 25.8 Å². The molecular weight excluding hydrogens is 292 g/mol. The zero-order valence-electron chi connectivity index (χ0n) is 13.8. The standard InChI is InChI=1S/C22H18N2/c1-15-7-5-8-17(13-15)18-9-6-10-19(14-18)22-16(2)23-20-11-3-4-12-21(20)24-22/h3-14H,1-2H3. The van der Waals surface area contributed by atoms with Crippen molar-refractivity contribution in [3.8, 4) is 22.4 Å². The molecule has 0 aliphatic heterocycles. The summed E-state index contributed by atoms with van der Waals surface area (Å²) in [4.78, 5) is 9.54. The van der Waals surface area contributed by atoms with Crippen molar-refractivity contribution in [3.05, 3.63) is 84.1 Å². The van der Waals surface area contributed by atoms with Crippen LogP contribution < -0.4 is 0 Å². The van der Waals surface area contributed by atoms with Crippen molar-refractivity contribution in [2.45, 2.75) is 13.8 Å². The third kappa shape index (κ3) is 2.67. The van der Waals surface area contributed by atoms with Crippen molar-refractivity contribution in [3.63, 3.8) is 0 Å². The summed E-state index contributed by atoms with van der Waals surface area (Å²) in [5.41, 5.74) is 8.56. The van der Waals surface area contributed by atoms with Gasteiger partial charge in [0.05, 0.1) is 22.4 Å². The van der Waals surface area contributed by atoms with Gasteiger partial charge in [-0.1, -0.05) is 60.2 Å². The Morgan fingerprint density at radius 2 is 1.21 bits per heavy atom. The summed E-state index contributed by atoms with van der Waals surface area (Å²) >= 11 is 0. The minimum atomic E-state index is 0.930. The second kappa shape index (κ2) is 5.89. The van der Waals surface area contributed by atoms with Crippen LogP contribution in [0.5, 0.6) is 0 Å². The fourth-order valence-corrected chi connectivity index (χ4v) is 3.03. The van der Waals surface area contributed by atoms with Crippen LogP contribution in [0.25, 0.3) is 33.4 Å². The SMILES string of the molecule is Cc1cccc(-c2cccc(-c3nc4ccccc4nc3C)c2)c1. The number of hydrogen-bond donors (Lipinski definition) is 0. The average Bonchev–Trinajstić information content (AvgIpc) is 2.61. The minimum Gasteiger partial charge on any atom is -0.249 e. The van der Waals surface area contributed by atoms with Crippen LogP contribution in [0.4, 0.5) is 0 Å². The molecule has 4 rings (SSSR count). The molecule has 2 heteroatoms. The van der Waals surface area contributed by atoms with Gasteiger partial charge in [0.25, 0.3) is 0 Å². The van der Waals surface area contributed by atoms with Gasteiger partial charge >= 0.3 is 0 Å². The number of hydrogen-bond acceptors (Lipinski definition) is 2. The van der Waals surface area contributed by atoms with Crippen LogP contribution in [-0.4, -0.2) is 9.97 Å². The Morgan fingerprint density at radius 3 is 1.96 bits per heavy atom. The van der Waals surface area contributed by atoms with Gasteiger partial charge < -0.3 is 0 Å². The van der Waals surface area contributed by atoms with Gasteiger partial charge in [-0.15, -0.1) is 0 Å². The lowest BCUT2D eigenvalue weighted by atomic mass is 9.99. The van der Waals surface area contributed by atoms with E-state index in [1.165, 1.54) is 16.7 Å². The molecule has 0 unspecified atom stereocenters. The molecule has 1 aromatic heterocycles. The summed E-state index contributed by atoms with van der Waals surface area (Å²) in [6.45, 7) is 4.14. The van der Waals surface area contributed by atoms with Gasteiger partial charge in [-0.25, -0.2) is 9.97 Å². The fourth-order valence-electron chi connectivity index (χ4n) is 3.03. The third-order valence-corrected chi connectivity index (χ3v) is 4.23.